The Morgan fingerprint density at radius 1 is 1.04 bits per heavy atom. The maximum absolute atomic E-state index is 12.4. The molecule has 0 saturated carbocycles. The molecule has 0 aliphatic rings. The van der Waals surface area contributed by atoms with Crippen molar-refractivity contribution in [3.8, 4) is 0 Å². The lowest BCUT2D eigenvalue weighted by Gasteiger charge is -2.23. The zero-order valence-electron chi connectivity index (χ0n) is 14.7. The van der Waals surface area contributed by atoms with Crippen molar-refractivity contribution in [1.29, 1.82) is 0 Å². The molecule has 1 amide bonds. The van der Waals surface area contributed by atoms with E-state index in [0.29, 0.717) is 11.3 Å². The highest BCUT2D eigenvalue weighted by atomic mass is 16.2. The van der Waals surface area contributed by atoms with E-state index >= 15 is 0 Å². The van der Waals surface area contributed by atoms with E-state index in [4.69, 9.17) is 0 Å². The topological polar surface area (TPSA) is 49.4 Å². The third-order valence-electron chi connectivity index (χ3n) is 3.87. The Bertz CT molecular complexity index is 733. The highest BCUT2D eigenvalue weighted by Gasteiger charge is 2.13. The standard InChI is InChI=1S/C20H24N2O2/c1-5-22(17-11-14(2)10-15(3)12-17)13-20(24)21-19-9-7-6-8-18(19)16(4)23/h6-12H,5,13H2,1-4H3,(H,21,24). The quantitative estimate of drug-likeness (QED) is 0.818. The molecule has 4 heteroatoms. The number of hydrogen-bond acceptors (Lipinski definition) is 3. The Morgan fingerprint density at radius 3 is 2.25 bits per heavy atom. The summed E-state index contributed by atoms with van der Waals surface area (Å²) in [7, 11) is 0. The van der Waals surface area contributed by atoms with Crippen LogP contribution in [0.1, 0.15) is 35.3 Å². The van der Waals surface area contributed by atoms with Gasteiger partial charge in [-0.1, -0.05) is 18.2 Å². The van der Waals surface area contributed by atoms with Crippen molar-refractivity contribution in [2.45, 2.75) is 27.7 Å². The third kappa shape index (κ3) is 4.44. The van der Waals surface area contributed by atoms with Crippen LogP contribution in [-0.2, 0) is 4.79 Å². The van der Waals surface area contributed by atoms with Crippen LogP contribution in [-0.4, -0.2) is 24.8 Å². The SMILES string of the molecule is CCN(CC(=O)Nc1ccccc1C(C)=O)c1cc(C)cc(C)c1. The molecule has 2 aromatic carbocycles. The highest BCUT2D eigenvalue weighted by Crippen LogP contribution is 2.19. The van der Waals surface area contributed by atoms with E-state index in [1.807, 2.05) is 31.7 Å². The molecule has 0 aromatic heterocycles. The molecule has 2 aromatic rings. The van der Waals surface area contributed by atoms with Gasteiger partial charge in [-0.05, 0) is 63.1 Å². The molecule has 0 aliphatic carbocycles. The first-order valence-electron chi connectivity index (χ1n) is 8.13. The van der Waals surface area contributed by atoms with Gasteiger partial charge in [0.05, 0.1) is 12.2 Å². The van der Waals surface area contributed by atoms with Crippen molar-refractivity contribution in [2.75, 3.05) is 23.3 Å². The average Bonchev–Trinajstić information content (AvgIpc) is 2.52. The zero-order chi connectivity index (χ0) is 17.7. The highest BCUT2D eigenvalue weighted by molar-refractivity contribution is 6.04. The number of para-hydroxylation sites is 1. The number of likely N-dealkylation sites (N-methyl/N-ethyl adjacent to an activating group) is 1. The molecule has 0 aliphatic heterocycles. The van der Waals surface area contributed by atoms with Crippen LogP contribution in [0.25, 0.3) is 0 Å². The molecule has 126 valence electrons. The van der Waals surface area contributed by atoms with Gasteiger partial charge in [0.2, 0.25) is 5.91 Å². The average molecular weight is 324 g/mol. The number of aryl methyl sites for hydroxylation is 2. The Morgan fingerprint density at radius 2 is 1.67 bits per heavy atom. The van der Waals surface area contributed by atoms with Gasteiger partial charge in [0.15, 0.2) is 5.78 Å². The van der Waals surface area contributed by atoms with Gasteiger partial charge < -0.3 is 10.2 Å². The Kier molecular flexibility index (Phi) is 5.74. The van der Waals surface area contributed by atoms with Gasteiger partial charge in [-0.3, -0.25) is 9.59 Å². The first kappa shape index (κ1) is 17.7. The minimum Gasteiger partial charge on any atom is -0.362 e. The molecule has 2 rings (SSSR count). The summed E-state index contributed by atoms with van der Waals surface area (Å²) in [5.74, 6) is -0.197. The van der Waals surface area contributed by atoms with Crippen molar-refractivity contribution in [3.63, 3.8) is 0 Å². The van der Waals surface area contributed by atoms with Crippen molar-refractivity contribution in [1.82, 2.24) is 0 Å². The number of ketones is 1. The fraction of sp³-hybridized carbons (Fsp3) is 0.300. The van der Waals surface area contributed by atoms with E-state index in [-0.39, 0.29) is 18.2 Å². The lowest BCUT2D eigenvalue weighted by Crippen LogP contribution is -2.33. The number of nitrogens with zero attached hydrogens (tertiary/aromatic N) is 1. The molecule has 0 heterocycles. The summed E-state index contributed by atoms with van der Waals surface area (Å²) >= 11 is 0. The van der Waals surface area contributed by atoms with E-state index in [1.54, 1.807) is 18.2 Å². The molecule has 24 heavy (non-hydrogen) atoms. The van der Waals surface area contributed by atoms with Crippen molar-refractivity contribution < 1.29 is 9.59 Å². The number of amides is 1. The predicted octanol–water partition coefficient (Wildman–Crippen LogP) is 3.97. The zero-order valence-corrected chi connectivity index (χ0v) is 14.7. The molecule has 0 spiro atoms. The van der Waals surface area contributed by atoms with E-state index in [2.05, 4.69) is 23.5 Å². The van der Waals surface area contributed by atoms with Crippen LogP contribution in [0.5, 0.6) is 0 Å². The molecule has 0 bridgehead atoms. The number of carbonyl (C=O) groups excluding carboxylic acids is 2. The van der Waals surface area contributed by atoms with E-state index in [0.717, 1.165) is 12.2 Å². The monoisotopic (exact) mass is 324 g/mol. The molecule has 1 N–H and O–H groups in total. The van der Waals surface area contributed by atoms with E-state index in [1.165, 1.54) is 18.1 Å². The van der Waals surface area contributed by atoms with Gasteiger partial charge in [0, 0.05) is 17.8 Å². The summed E-state index contributed by atoms with van der Waals surface area (Å²) in [6.07, 6.45) is 0. The summed E-state index contributed by atoms with van der Waals surface area (Å²) in [4.78, 5) is 26.1. The number of Topliss-reactive ketones (excluding diaryl/α,β-unsaturated/α-hetero) is 1. The second kappa shape index (κ2) is 7.77. The lowest BCUT2D eigenvalue weighted by molar-refractivity contribution is -0.115. The Labute approximate surface area is 143 Å². The van der Waals surface area contributed by atoms with Crippen molar-refractivity contribution >= 4 is 23.1 Å². The Hall–Kier alpha value is -2.62. The number of anilines is 2. The maximum atomic E-state index is 12.4. The fourth-order valence-corrected chi connectivity index (χ4v) is 2.78. The van der Waals surface area contributed by atoms with Gasteiger partial charge in [0.25, 0.3) is 0 Å². The molecule has 0 fully saturated rings. The molecular formula is C20H24N2O2. The predicted molar refractivity (Wildman–Crippen MR) is 98.9 cm³/mol. The van der Waals surface area contributed by atoms with Crippen molar-refractivity contribution in [2.24, 2.45) is 0 Å². The molecular weight excluding hydrogens is 300 g/mol. The number of benzene rings is 2. The molecule has 0 atom stereocenters. The second-order valence-electron chi connectivity index (χ2n) is 6.01. The summed E-state index contributed by atoms with van der Waals surface area (Å²) in [5, 5.41) is 2.85. The van der Waals surface area contributed by atoms with E-state index in [9.17, 15) is 9.59 Å². The third-order valence-corrected chi connectivity index (χ3v) is 3.87. The summed E-state index contributed by atoms with van der Waals surface area (Å²) in [6, 6.07) is 13.3. The molecule has 4 nitrogen and oxygen atoms in total. The number of hydrogen-bond donors (Lipinski definition) is 1. The molecule has 0 unspecified atom stereocenters. The van der Waals surface area contributed by atoms with Crippen LogP contribution in [0.4, 0.5) is 11.4 Å². The molecule has 0 saturated heterocycles. The largest absolute Gasteiger partial charge is 0.362 e. The first-order chi connectivity index (χ1) is 11.4. The van der Waals surface area contributed by atoms with Crippen LogP contribution in [0.3, 0.4) is 0 Å². The first-order valence-corrected chi connectivity index (χ1v) is 8.13. The van der Waals surface area contributed by atoms with Gasteiger partial charge in [-0.15, -0.1) is 0 Å². The minimum absolute atomic E-state index is 0.0624. The van der Waals surface area contributed by atoms with Crippen LogP contribution in [0, 0.1) is 13.8 Å². The van der Waals surface area contributed by atoms with Gasteiger partial charge >= 0.3 is 0 Å². The van der Waals surface area contributed by atoms with Crippen molar-refractivity contribution in [3.05, 3.63) is 59.2 Å². The lowest BCUT2D eigenvalue weighted by atomic mass is 10.1. The summed E-state index contributed by atoms with van der Waals surface area (Å²) in [5.41, 5.74) is 4.47. The van der Waals surface area contributed by atoms with Crippen LogP contribution in [0.2, 0.25) is 0 Å². The Balaban J connectivity index is 2.14. The van der Waals surface area contributed by atoms with Crippen LogP contribution in [0.15, 0.2) is 42.5 Å². The smallest absolute Gasteiger partial charge is 0.243 e. The van der Waals surface area contributed by atoms with Gasteiger partial charge in [-0.25, -0.2) is 0 Å². The number of nitrogens with one attached hydrogen (secondary N) is 1. The van der Waals surface area contributed by atoms with Crippen LogP contribution >= 0.6 is 0 Å². The second-order valence-corrected chi connectivity index (χ2v) is 6.01. The minimum atomic E-state index is -0.135. The normalized spacial score (nSPS) is 10.3. The number of carbonyl (C=O) groups is 2. The van der Waals surface area contributed by atoms with Crippen LogP contribution < -0.4 is 10.2 Å². The maximum Gasteiger partial charge on any atom is 0.243 e. The number of rotatable bonds is 6. The summed E-state index contributed by atoms with van der Waals surface area (Å²) < 4.78 is 0. The van der Waals surface area contributed by atoms with Gasteiger partial charge in [0.1, 0.15) is 0 Å². The fourth-order valence-electron chi connectivity index (χ4n) is 2.78. The molecule has 0 radical (unpaired) electrons. The van der Waals surface area contributed by atoms with Gasteiger partial charge in [-0.2, -0.15) is 0 Å². The summed E-state index contributed by atoms with van der Waals surface area (Å²) in [6.45, 7) is 8.59. The van der Waals surface area contributed by atoms with E-state index < -0.39 is 0 Å².